The highest BCUT2D eigenvalue weighted by molar-refractivity contribution is 5.81. The van der Waals surface area contributed by atoms with Crippen molar-refractivity contribution in [1.29, 1.82) is 0 Å². The van der Waals surface area contributed by atoms with E-state index < -0.39 is 0 Å². The van der Waals surface area contributed by atoms with Crippen LogP contribution in [0.5, 0.6) is 11.5 Å². The number of carbonyl (C=O) groups excluding carboxylic acids is 1. The molecule has 0 aliphatic heterocycles. The largest absolute Gasteiger partial charge is 0.497 e. The molecule has 25 heavy (non-hydrogen) atoms. The van der Waals surface area contributed by atoms with Crippen molar-refractivity contribution in [3.63, 3.8) is 0 Å². The van der Waals surface area contributed by atoms with Gasteiger partial charge in [-0.2, -0.15) is 0 Å². The van der Waals surface area contributed by atoms with Crippen LogP contribution >= 0.6 is 0 Å². The van der Waals surface area contributed by atoms with E-state index >= 15 is 0 Å². The number of rotatable bonds is 8. The molecule has 1 fully saturated rings. The van der Waals surface area contributed by atoms with Gasteiger partial charge in [-0.3, -0.25) is 4.79 Å². The van der Waals surface area contributed by atoms with Gasteiger partial charge in [-0.15, -0.1) is 0 Å². The second-order valence-electron chi connectivity index (χ2n) is 6.28. The molecule has 6 heteroatoms. The molecule has 1 heterocycles. The summed E-state index contributed by atoms with van der Waals surface area (Å²) in [6.07, 6.45) is 2.94. The van der Waals surface area contributed by atoms with Crippen molar-refractivity contribution in [3.05, 3.63) is 30.0 Å². The van der Waals surface area contributed by atoms with Crippen LogP contribution < -0.4 is 9.47 Å². The number of hydrogen-bond acceptors (Lipinski definition) is 5. The van der Waals surface area contributed by atoms with Crippen molar-refractivity contribution in [3.8, 4) is 22.8 Å². The quantitative estimate of drug-likeness (QED) is 0.733. The standard InChI is InChI=1S/C19H24N2O4/c1-4-9-21(19(22)13-5-6-13)12-14-10-18(25-20-14)16-8-7-15(23-2)11-17(16)24-3/h7-8,10-11,13H,4-6,9,12H2,1-3H3. The van der Waals surface area contributed by atoms with Crippen LogP contribution in [-0.2, 0) is 11.3 Å². The van der Waals surface area contributed by atoms with Crippen LogP contribution in [0.1, 0.15) is 31.9 Å². The predicted molar refractivity (Wildman–Crippen MR) is 93.5 cm³/mol. The van der Waals surface area contributed by atoms with Gasteiger partial charge in [-0.05, 0) is 31.4 Å². The molecule has 3 rings (SSSR count). The number of ether oxygens (including phenoxy) is 2. The molecule has 2 aromatic rings. The first kappa shape index (κ1) is 17.3. The third kappa shape index (κ3) is 3.95. The van der Waals surface area contributed by atoms with Crippen LogP contribution in [0.4, 0.5) is 0 Å². The van der Waals surface area contributed by atoms with E-state index in [0.717, 1.165) is 37.1 Å². The minimum atomic E-state index is 0.208. The second kappa shape index (κ2) is 7.59. The lowest BCUT2D eigenvalue weighted by Gasteiger charge is -2.20. The Labute approximate surface area is 147 Å². The number of methoxy groups -OCH3 is 2. The molecule has 1 aliphatic rings. The average molecular weight is 344 g/mol. The Morgan fingerprint density at radius 1 is 1.28 bits per heavy atom. The molecule has 1 saturated carbocycles. The smallest absolute Gasteiger partial charge is 0.226 e. The topological polar surface area (TPSA) is 64.8 Å². The summed E-state index contributed by atoms with van der Waals surface area (Å²) < 4.78 is 16.1. The SMILES string of the molecule is CCCN(Cc1cc(-c2ccc(OC)cc2OC)on1)C(=O)C1CC1. The molecule has 0 radical (unpaired) electrons. The zero-order valence-electron chi connectivity index (χ0n) is 14.9. The third-order valence-electron chi connectivity index (χ3n) is 4.32. The van der Waals surface area contributed by atoms with Gasteiger partial charge in [-0.1, -0.05) is 12.1 Å². The summed E-state index contributed by atoms with van der Waals surface area (Å²) in [5, 5.41) is 4.14. The number of nitrogens with zero attached hydrogens (tertiary/aromatic N) is 2. The molecule has 0 saturated heterocycles. The van der Waals surface area contributed by atoms with Crippen LogP contribution in [0, 0.1) is 5.92 Å². The number of benzene rings is 1. The van der Waals surface area contributed by atoms with Crippen LogP contribution in [0.15, 0.2) is 28.8 Å². The maximum absolute atomic E-state index is 12.4. The second-order valence-corrected chi connectivity index (χ2v) is 6.28. The lowest BCUT2D eigenvalue weighted by atomic mass is 10.1. The molecule has 0 bridgehead atoms. The predicted octanol–water partition coefficient (Wildman–Crippen LogP) is 3.51. The Bertz CT molecular complexity index is 737. The summed E-state index contributed by atoms with van der Waals surface area (Å²) >= 11 is 0. The van der Waals surface area contributed by atoms with E-state index in [1.54, 1.807) is 20.3 Å². The van der Waals surface area contributed by atoms with Crippen molar-refractivity contribution < 1.29 is 18.8 Å². The Morgan fingerprint density at radius 2 is 2.08 bits per heavy atom. The van der Waals surface area contributed by atoms with Gasteiger partial charge in [0.15, 0.2) is 5.76 Å². The molecule has 1 aromatic carbocycles. The van der Waals surface area contributed by atoms with Crippen LogP contribution in [0.2, 0.25) is 0 Å². The van der Waals surface area contributed by atoms with Crippen molar-refractivity contribution in [2.24, 2.45) is 5.92 Å². The highest BCUT2D eigenvalue weighted by Gasteiger charge is 2.33. The molecule has 0 spiro atoms. The van der Waals surface area contributed by atoms with Gasteiger partial charge in [0, 0.05) is 24.6 Å². The highest BCUT2D eigenvalue weighted by Crippen LogP contribution is 2.34. The Kier molecular flexibility index (Phi) is 5.26. The summed E-state index contributed by atoms with van der Waals surface area (Å²) in [6, 6.07) is 7.39. The molecule has 1 amide bonds. The van der Waals surface area contributed by atoms with E-state index in [2.05, 4.69) is 12.1 Å². The lowest BCUT2D eigenvalue weighted by molar-refractivity contribution is -0.133. The molecular formula is C19H24N2O4. The molecule has 6 nitrogen and oxygen atoms in total. The monoisotopic (exact) mass is 344 g/mol. The molecule has 1 aliphatic carbocycles. The zero-order valence-corrected chi connectivity index (χ0v) is 14.9. The highest BCUT2D eigenvalue weighted by atomic mass is 16.5. The van der Waals surface area contributed by atoms with E-state index in [4.69, 9.17) is 14.0 Å². The van der Waals surface area contributed by atoms with Gasteiger partial charge >= 0.3 is 0 Å². The first-order chi connectivity index (χ1) is 12.2. The molecular weight excluding hydrogens is 320 g/mol. The molecule has 0 N–H and O–H groups in total. The first-order valence-corrected chi connectivity index (χ1v) is 8.63. The van der Waals surface area contributed by atoms with Crippen LogP contribution in [0.3, 0.4) is 0 Å². The van der Waals surface area contributed by atoms with Gasteiger partial charge in [0.05, 0.1) is 26.3 Å². The number of aromatic nitrogens is 1. The molecule has 134 valence electrons. The fraction of sp³-hybridized carbons (Fsp3) is 0.474. The summed E-state index contributed by atoms with van der Waals surface area (Å²) in [6.45, 7) is 3.29. The van der Waals surface area contributed by atoms with Crippen LogP contribution in [-0.4, -0.2) is 36.7 Å². The molecule has 1 aromatic heterocycles. The van der Waals surface area contributed by atoms with Gasteiger partial charge in [-0.25, -0.2) is 0 Å². The maximum Gasteiger partial charge on any atom is 0.226 e. The average Bonchev–Trinajstić information content (AvgIpc) is 3.39. The van der Waals surface area contributed by atoms with Gasteiger partial charge in [0.1, 0.15) is 17.2 Å². The third-order valence-corrected chi connectivity index (χ3v) is 4.32. The Hall–Kier alpha value is -2.50. The summed E-state index contributed by atoms with van der Waals surface area (Å²) in [4.78, 5) is 14.3. The fourth-order valence-corrected chi connectivity index (χ4v) is 2.84. The van der Waals surface area contributed by atoms with Crippen molar-refractivity contribution in [1.82, 2.24) is 10.1 Å². The van der Waals surface area contributed by atoms with Crippen molar-refractivity contribution in [2.75, 3.05) is 20.8 Å². The first-order valence-electron chi connectivity index (χ1n) is 8.63. The van der Waals surface area contributed by atoms with Crippen molar-refractivity contribution >= 4 is 5.91 Å². The van der Waals surface area contributed by atoms with E-state index in [0.29, 0.717) is 23.8 Å². The summed E-state index contributed by atoms with van der Waals surface area (Å²) in [5.74, 6) is 2.42. The van der Waals surface area contributed by atoms with Gasteiger partial charge < -0.3 is 18.9 Å². The van der Waals surface area contributed by atoms with E-state index in [1.807, 2.05) is 23.1 Å². The minimum absolute atomic E-state index is 0.208. The normalized spacial score (nSPS) is 13.6. The van der Waals surface area contributed by atoms with Crippen LogP contribution in [0.25, 0.3) is 11.3 Å². The lowest BCUT2D eigenvalue weighted by Crippen LogP contribution is -2.32. The number of hydrogen-bond donors (Lipinski definition) is 0. The summed E-state index contributed by atoms with van der Waals surface area (Å²) in [5.41, 5.74) is 1.55. The van der Waals surface area contributed by atoms with E-state index in [1.165, 1.54) is 0 Å². The number of carbonyl (C=O) groups is 1. The Balaban J connectivity index is 1.78. The van der Waals surface area contributed by atoms with Gasteiger partial charge in [0.2, 0.25) is 5.91 Å². The van der Waals surface area contributed by atoms with Gasteiger partial charge in [0.25, 0.3) is 0 Å². The minimum Gasteiger partial charge on any atom is -0.497 e. The van der Waals surface area contributed by atoms with E-state index in [9.17, 15) is 4.79 Å². The summed E-state index contributed by atoms with van der Waals surface area (Å²) in [7, 11) is 3.22. The molecule has 0 unspecified atom stereocenters. The van der Waals surface area contributed by atoms with E-state index in [-0.39, 0.29) is 11.8 Å². The maximum atomic E-state index is 12.4. The zero-order chi connectivity index (χ0) is 17.8. The van der Waals surface area contributed by atoms with Crippen molar-refractivity contribution in [2.45, 2.75) is 32.7 Å². The molecule has 0 atom stereocenters. The Morgan fingerprint density at radius 3 is 2.72 bits per heavy atom. The fourth-order valence-electron chi connectivity index (χ4n) is 2.84. The number of amides is 1.